The highest BCUT2D eigenvalue weighted by molar-refractivity contribution is 7.80. The van der Waals surface area contributed by atoms with Gasteiger partial charge in [-0.05, 0) is 36.5 Å². The highest BCUT2D eigenvalue weighted by Crippen LogP contribution is 2.36. The molecule has 3 rings (SSSR count). The van der Waals surface area contributed by atoms with Crippen LogP contribution in [-0.4, -0.2) is 29.9 Å². The van der Waals surface area contributed by atoms with Gasteiger partial charge < -0.3 is 15.4 Å². The van der Waals surface area contributed by atoms with E-state index in [4.69, 9.17) is 17.0 Å². The number of fused-ring (bicyclic) bond motifs is 1. The van der Waals surface area contributed by atoms with Gasteiger partial charge in [0, 0.05) is 17.7 Å². The SMILES string of the molecule is COc1cc(NC(=S)NC(=O)C(C)C)ccc1N1C(=O)c2ccccc2C1=O. The zero-order valence-corrected chi connectivity index (χ0v) is 16.4. The number of methoxy groups -OCH3 is 1. The first kappa shape index (κ1) is 19.5. The fourth-order valence-corrected chi connectivity index (χ4v) is 2.99. The van der Waals surface area contributed by atoms with Gasteiger partial charge >= 0.3 is 0 Å². The number of rotatable bonds is 4. The third kappa shape index (κ3) is 3.59. The van der Waals surface area contributed by atoms with Crippen molar-refractivity contribution in [3.05, 3.63) is 53.6 Å². The molecule has 1 aliphatic heterocycles. The summed E-state index contributed by atoms with van der Waals surface area (Å²) in [6.45, 7) is 3.52. The number of amides is 3. The number of carbonyl (C=O) groups is 3. The average molecular weight is 397 g/mol. The van der Waals surface area contributed by atoms with Crippen LogP contribution in [0.15, 0.2) is 42.5 Å². The summed E-state index contributed by atoms with van der Waals surface area (Å²) in [6.07, 6.45) is 0. The molecule has 1 aliphatic rings. The van der Waals surface area contributed by atoms with Crippen molar-refractivity contribution in [3.63, 3.8) is 0 Å². The molecule has 144 valence electrons. The molecule has 0 atom stereocenters. The molecule has 0 aliphatic carbocycles. The van der Waals surface area contributed by atoms with E-state index in [0.717, 1.165) is 4.90 Å². The Bertz CT molecular complexity index is 952. The lowest BCUT2D eigenvalue weighted by Crippen LogP contribution is -2.36. The number of anilines is 2. The zero-order valence-electron chi connectivity index (χ0n) is 15.6. The van der Waals surface area contributed by atoms with Gasteiger partial charge in [0.2, 0.25) is 5.91 Å². The Labute approximate surface area is 167 Å². The number of hydrogen-bond donors (Lipinski definition) is 2. The number of nitrogens with zero attached hydrogens (tertiary/aromatic N) is 1. The lowest BCUT2D eigenvalue weighted by molar-refractivity contribution is -0.122. The summed E-state index contributed by atoms with van der Waals surface area (Å²) in [7, 11) is 1.44. The maximum absolute atomic E-state index is 12.7. The Morgan fingerprint density at radius 3 is 2.21 bits per heavy atom. The van der Waals surface area contributed by atoms with Crippen LogP contribution in [-0.2, 0) is 4.79 Å². The van der Waals surface area contributed by atoms with Gasteiger partial charge in [-0.2, -0.15) is 0 Å². The molecular weight excluding hydrogens is 378 g/mol. The van der Waals surface area contributed by atoms with E-state index >= 15 is 0 Å². The molecule has 1 heterocycles. The summed E-state index contributed by atoms with van der Waals surface area (Å²) in [5.41, 5.74) is 1.59. The van der Waals surface area contributed by atoms with Crippen molar-refractivity contribution in [1.29, 1.82) is 0 Å². The average Bonchev–Trinajstić information content (AvgIpc) is 2.92. The second-order valence-corrected chi connectivity index (χ2v) is 6.88. The lowest BCUT2D eigenvalue weighted by Gasteiger charge is -2.19. The molecule has 2 aromatic rings. The first-order valence-corrected chi connectivity index (χ1v) is 9.02. The third-order valence-electron chi connectivity index (χ3n) is 4.23. The monoisotopic (exact) mass is 397 g/mol. The summed E-state index contributed by atoms with van der Waals surface area (Å²) in [5.74, 6) is -0.895. The summed E-state index contributed by atoms with van der Waals surface area (Å²) in [4.78, 5) is 38.2. The topological polar surface area (TPSA) is 87.7 Å². The molecule has 7 nitrogen and oxygen atoms in total. The number of thiocarbonyl (C=S) groups is 1. The van der Waals surface area contributed by atoms with Crippen LogP contribution in [0.3, 0.4) is 0 Å². The smallest absolute Gasteiger partial charge is 0.266 e. The number of carbonyl (C=O) groups excluding carboxylic acids is 3. The molecule has 3 amide bonds. The molecule has 8 heteroatoms. The second-order valence-electron chi connectivity index (χ2n) is 6.48. The Morgan fingerprint density at radius 2 is 1.68 bits per heavy atom. The lowest BCUT2D eigenvalue weighted by atomic mass is 10.1. The number of ether oxygens (including phenoxy) is 1. The molecule has 0 saturated carbocycles. The van der Waals surface area contributed by atoms with E-state index in [0.29, 0.717) is 28.3 Å². The Kier molecular flexibility index (Phi) is 5.41. The van der Waals surface area contributed by atoms with Gasteiger partial charge in [0.25, 0.3) is 11.8 Å². The Balaban J connectivity index is 1.85. The predicted octanol–water partition coefficient (Wildman–Crippen LogP) is 2.96. The number of benzene rings is 2. The van der Waals surface area contributed by atoms with Crippen LogP contribution in [0.2, 0.25) is 0 Å². The maximum Gasteiger partial charge on any atom is 0.266 e. The van der Waals surface area contributed by atoms with Crippen molar-refractivity contribution in [2.24, 2.45) is 5.92 Å². The fraction of sp³-hybridized carbons (Fsp3) is 0.200. The molecular formula is C20H19N3O4S. The molecule has 0 radical (unpaired) electrons. The van der Waals surface area contributed by atoms with E-state index in [1.54, 1.807) is 56.3 Å². The molecule has 0 spiro atoms. The minimum Gasteiger partial charge on any atom is -0.494 e. The predicted molar refractivity (Wildman–Crippen MR) is 110 cm³/mol. The highest BCUT2D eigenvalue weighted by Gasteiger charge is 2.37. The number of nitrogens with one attached hydrogen (secondary N) is 2. The van der Waals surface area contributed by atoms with Crippen LogP contribution in [0.5, 0.6) is 5.75 Å². The standard InChI is InChI=1S/C20H19N3O4S/c1-11(2)17(24)22-20(28)21-12-8-9-15(16(10-12)27-3)23-18(25)13-6-4-5-7-14(13)19(23)26/h4-11H,1-3H3,(H2,21,22,24,28). The van der Waals surface area contributed by atoms with Gasteiger partial charge in [0.15, 0.2) is 5.11 Å². The summed E-state index contributed by atoms with van der Waals surface area (Å²) in [6, 6.07) is 11.5. The van der Waals surface area contributed by atoms with Gasteiger partial charge in [-0.3, -0.25) is 14.4 Å². The first-order chi connectivity index (χ1) is 13.3. The molecule has 0 saturated heterocycles. The summed E-state index contributed by atoms with van der Waals surface area (Å²) < 4.78 is 5.38. The van der Waals surface area contributed by atoms with Gasteiger partial charge in [0.05, 0.1) is 23.9 Å². The largest absolute Gasteiger partial charge is 0.494 e. The highest BCUT2D eigenvalue weighted by atomic mass is 32.1. The van der Waals surface area contributed by atoms with Crippen LogP contribution in [0, 0.1) is 5.92 Å². The van der Waals surface area contributed by atoms with Crippen molar-refractivity contribution in [2.75, 3.05) is 17.3 Å². The van der Waals surface area contributed by atoms with Gasteiger partial charge in [-0.1, -0.05) is 26.0 Å². The van der Waals surface area contributed by atoms with E-state index in [9.17, 15) is 14.4 Å². The third-order valence-corrected chi connectivity index (χ3v) is 4.44. The Hall–Kier alpha value is -3.26. The minimum absolute atomic E-state index is 0.147. The second kappa shape index (κ2) is 7.77. The van der Waals surface area contributed by atoms with Gasteiger partial charge in [-0.15, -0.1) is 0 Å². The van der Waals surface area contributed by atoms with Gasteiger partial charge in [0.1, 0.15) is 5.75 Å². The molecule has 2 N–H and O–H groups in total. The van der Waals surface area contributed by atoms with Crippen molar-refractivity contribution in [3.8, 4) is 5.75 Å². The summed E-state index contributed by atoms with van der Waals surface area (Å²) >= 11 is 5.13. The van der Waals surface area contributed by atoms with Crippen LogP contribution < -0.4 is 20.3 Å². The van der Waals surface area contributed by atoms with E-state index < -0.39 is 11.8 Å². The first-order valence-electron chi connectivity index (χ1n) is 8.61. The number of hydrogen-bond acceptors (Lipinski definition) is 5. The van der Waals surface area contributed by atoms with Crippen LogP contribution >= 0.6 is 12.2 Å². The van der Waals surface area contributed by atoms with E-state index in [2.05, 4.69) is 10.6 Å². The normalized spacial score (nSPS) is 12.8. The van der Waals surface area contributed by atoms with E-state index in [-0.39, 0.29) is 16.9 Å². The van der Waals surface area contributed by atoms with Crippen molar-refractivity contribution < 1.29 is 19.1 Å². The molecule has 28 heavy (non-hydrogen) atoms. The zero-order chi connectivity index (χ0) is 20.4. The molecule has 2 aromatic carbocycles. The van der Waals surface area contributed by atoms with Crippen molar-refractivity contribution in [2.45, 2.75) is 13.8 Å². The van der Waals surface area contributed by atoms with Crippen molar-refractivity contribution in [1.82, 2.24) is 5.32 Å². The minimum atomic E-state index is -0.403. The van der Waals surface area contributed by atoms with Crippen molar-refractivity contribution >= 4 is 46.4 Å². The number of imide groups is 1. The fourth-order valence-electron chi connectivity index (χ4n) is 2.77. The molecule has 0 bridgehead atoms. The van der Waals surface area contributed by atoms with Gasteiger partial charge in [-0.25, -0.2) is 4.90 Å². The van der Waals surface area contributed by atoms with Crippen LogP contribution in [0.4, 0.5) is 11.4 Å². The Morgan fingerprint density at radius 1 is 1.07 bits per heavy atom. The van der Waals surface area contributed by atoms with Crippen LogP contribution in [0.1, 0.15) is 34.6 Å². The van der Waals surface area contributed by atoms with Crippen LogP contribution in [0.25, 0.3) is 0 Å². The molecule has 0 unspecified atom stereocenters. The maximum atomic E-state index is 12.7. The molecule has 0 fully saturated rings. The quantitative estimate of drug-likeness (QED) is 0.609. The summed E-state index contributed by atoms with van der Waals surface area (Å²) in [5, 5.41) is 5.62. The van der Waals surface area contributed by atoms with E-state index in [1.165, 1.54) is 7.11 Å². The van der Waals surface area contributed by atoms with E-state index in [1.807, 2.05) is 0 Å². The molecule has 0 aromatic heterocycles.